The number of nitrogens with zero attached hydrogens (tertiary/aromatic N) is 2. The molecule has 1 aromatic heterocycles. The summed E-state index contributed by atoms with van der Waals surface area (Å²) < 4.78 is 24.6. The zero-order valence-corrected chi connectivity index (χ0v) is 12.0. The molecule has 0 aliphatic carbocycles. The van der Waals surface area contributed by atoms with Gasteiger partial charge in [-0.15, -0.1) is 0 Å². The number of fused-ring (bicyclic) bond motifs is 1. The minimum absolute atomic E-state index is 0.0551. The van der Waals surface area contributed by atoms with Gasteiger partial charge in [0.25, 0.3) is 0 Å². The standard InChI is InChI=1S/C11H15N3O3S2/c1-2-14-10-4-3-8(19(12,16)17)7-9(10)13-11(14)18-6-5-15/h3-4,7,15H,2,5-6H2,1H3,(H2,12,16,17). The van der Waals surface area contributed by atoms with E-state index in [2.05, 4.69) is 4.98 Å². The van der Waals surface area contributed by atoms with Crippen molar-refractivity contribution in [3.8, 4) is 0 Å². The highest BCUT2D eigenvalue weighted by Gasteiger charge is 2.14. The topological polar surface area (TPSA) is 98.2 Å². The number of nitrogens with two attached hydrogens (primary N) is 1. The number of benzene rings is 1. The first kappa shape index (κ1) is 14.3. The van der Waals surface area contributed by atoms with Gasteiger partial charge in [-0.2, -0.15) is 0 Å². The van der Waals surface area contributed by atoms with Gasteiger partial charge < -0.3 is 9.67 Å². The summed E-state index contributed by atoms with van der Waals surface area (Å²) in [4.78, 5) is 4.45. The summed E-state index contributed by atoms with van der Waals surface area (Å²) in [5.41, 5.74) is 1.45. The van der Waals surface area contributed by atoms with Gasteiger partial charge in [0.1, 0.15) is 0 Å². The van der Waals surface area contributed by atoms with E-state index in [9.17, 15) is 8.42 Å². The lowest BCUT2D eigenvalue weighted by atomic mass is 10.3. The number of aliphatic hydroxyl groups excluding tert-OH is 1. The number of hydrogen-bond acceptors (Lipinski definition) is 5. The fourth-order valence-corrected chi connectivity index (χ4v) is 3.17. The quantitative estimate of drug-likeness (QED) is 0.796. The monoisotopic (exact) mass is 301 g/mol. The van der Waals surface area contributed by atoms with E-state index in [1.54, 1.807) is 6.07 Å². The van der Waals surface area contributed by atoms with Crippen LogP contribution < -0.4 is 5.14 Å². The molecule has 0 bridgehead atoms. The largest absolute Gasteiger partial charge is 0.396 e. The Morgan fingerprint density at radius 1 is 1.47 bits per heavy atom. The summed E-state index contributed by atoms with van der Waals surface area (Å²) in [6, 6.07) is 4.65. The molecule has 0 amide bonds. The van der Waals surface area contributed by atoms with Crippen molar-refractivity contribution >= 4 is 32.8 Å². The summed E-state index contributed by atoms with van der Waals surface area (Å²) in [6.07, 6.45) is 0. The van der Waals surface area contributed by atoms with E-state index in [0.717, 1.165) is 17.2 Å². The summed E-state index contributed by atoms with van der Waals surface area (Å²) >= 11 is 1.43. The average molecular weight is 301 g/mol. The summed E-state index contributed by atoms with van der Waals surface area (Å²) in [5, 5.41) is 14.7. The molecule has 3 N–H and O–H groups in total. The maximum atomic E-state index is 11.3. The molecule has 0 fully saturated rings. The Morgan fingerprint density at radius 2 is 2.21 bits per heavy atom. The van der Waals surface area contributed by atoms with Crippen molar-refractivity contribution in [3.63, 3.8) is 0 Å². The van der Waals surface area contributed by atoms with Crippen molar-refractivity contribution in [3.05, 3.63) is 18.2 Å². The number of aryl methyl sites for hydroxylation is 1. The van der Waals surface area contributed by atoms with Crippen LogP contribution in [0.2, 0.25) is 0 Å². The molecule has 0 spiro atoms. The summed E-state index contributed by atoms with van der Waals surface area (Å²) in [6.45, 7) is 2.77. The van der Waals surface area contributed by atoms with E-state index in [-0.39, 0.29) is 11.5 Å². The molecule has 0 unspecified atom stereocenters. The Kier molecular flexibility index (Phi) is 4.14. The van der Waals surface area contributed by atoms with Gasteiger partial charge in [-0.05, 0) is 25.1 Å². The fourth-order valence-electron chi connectivity index (χ4n) is 1.82. The molecule has 1 aromatic carbocycles. The molecule has 104 valence electrons. The van der Waals surface area contributed by atoms with Crippen LogP contribution in [-0.4, -0.2) is 35.4 Å². The SMILES string of the molecule is CCn1c(SCCO)nc2cc(S(N)(=O)=O)ccc21. The molecule has 0 radical (unpaired) electrons. The highest BCUT2D eigenvalue weighted by atomic mass is 32.2. The van der Waals surface area contributed by atoms with Crippen molar-refractivity contribution in [2.24, 2.45) is 5.14 Å². The van der Waals surface area contributed by atoms with Crippen molar-refractivity contribution < 1.29 is 13.5 Å². The first-order chi connectivity index (χ1) is 8.97. The summed E-state index contributed by atoms with van der Waals surface area (Å²) in [5.74, 6) is 0.547. The van der Waals surface area contributed by atoms with Crippen LogP contribution in [0.3, 0.4) is 0 Å². The fraction of sp³-hybridized carbons (Fsp3) is 0.364. The number of sulfonamides is 1. The first-order valence-electron chi connectivity index (χ1n) is 5.74. The lowest BCUT2D eigenvalue weighted by Gasteiger charge is -2.04. The van der Waals surface area contributed by atoms with Crippen LogP contribution in [0.1, 0.15) is 6.92 Å². The second-order valence-corrected chi connectivity index (χ2v) is 6.53. The third-order valence-corrected chi connectivity index (χ3v) is 4.52. The number of hydrogen-bond donors (Lipinski definition) is 2. The third kappa shape index (κ3) is 2.92. The molecule has 19 heavy (non-hydrogen) atoms. The Balaban J connectivity index is 2.55. The van der Waals surface area contributed by atoms with Crippen molar-refractivity contribution in [1.82, 2.24) is 9.55 Å². The Hall–Kier alpha value is -1.09. The smallest absolute Gasteiger partial charge is 0.238 e. The van der Waals surface area contributed by atoms with Gasteiger partial charge in [0.15, 0.2) is 5.16 Å². The Labute approximate surface area is 115 Å². The lowest BCUT2D eigenvalue weighted by Crippen LogP contribution is -2.11. The number of primary sulfonamides is 1. The van der Waals surface area contributed by atoms with Crippen LogP contribution in [0.25, 0.3) is 11.0 Å². The molecular formula is C11H15N3O3S2. The molecule has 0 saturated carbocycles. The molecular weight excluding hydrogens is 286 g/mol. The van der Waals surface area contributed by atoms with Crippen LogP contribution in [0, 0.1) is 0 Å². The zero-order chi connectivity index (χ0) is 14.0. The second-order valence-electron chi connectivity index (χ2n) is 3.91. The van der Waals surface area contributed by atoms with Crippen molar-refractivity contribution in [1.29, 1.82) is 0 Å². The van der Waals surface area contributed by atoms with Crippen LogP contribution in [-0.2, 0) is 16.6 Å². The van der Waals surface area contributed by atoms with Gasteiger partial charge in [0.2, 0.25) is 10.0 Å². The number of thioether (sulfide) groups is 1. The minimum atomic E-state index is -3.72. The zero-order valence-electron chi connectivity index (χ0n) is 10.4. The molecule has 2 rings (SSSR count). The van der Waals surface area contributed by atoms with E-state index >= 15 is 0 Å². The third-order valence-electron chi connectivity index (χ3n) is 2.65. The maximum Gasteiger partial charge on any atom is 0.238 e. The molecule has 8 heteroatoms. The van der Waals surface area contributed by atoms with Gasteiger partial charge in [-0.25, -0.2) is 18.5 Å². The second kappa shape index (κ2) is 5.49. The predicted molar refractivity (Wildman–Crippen MR) is 74.6 cm³/mol. The number of rotatable bonds is 5. The van der Waals surface area contributed by atoms with E-state index in [4.69, 9.17) is 10.2 Å². The van der Waals surface area contributed by atoms with E-state index < -0.39 is 10.0 Å². The van der Waals surface area contributed by atoms with E-state index in [0.29, 0.717) is 11.3 Å². The Morgan fingerprint density at radius 3 is 2.79 bits per heavy atom. The summed E-state index contributed by atoms with van der Waals surface area (Å²) in [7, 11) is -3.72. The van der Waals surface area contributed by atoms with Crippen LogP contribution in [0.15, 0.2) is 28.3 Å². The van der Waals surface area contributed by atoms with Gasteiger partial charge in [0, 0.05) is 12.3 Å². The number of aromatic nitrogens is 2. The normalized spacial score (nSPS) is 12.2. The lowest BCUT2D eigenvalue weighted by molar-refractivity contribution is 0.322. The first-order valence-corrected chi connectivity index (χ1v) is 8.27. The number of imidazole rings is 1. The highest BCUT2D eigenvalue weighted by Crippen LogP contribution is 2.25. The molecule has 0 saturated heterocycles. The molecule has 0 atom stereocenters. The molecule has 2 aromatic rings. The van der Waals surface area contributed by atoms with Gasteiger partial charge >= 0.3 is 0 Å². The highest BCUT2D eigenvalue weighted by molar-refractivity contribution is 7.99. The molecule has 0 aliphatic rings. The average Bonchev–Trinajstić information content (AvgIpc) is 2.71. The van der Waals surface area contributed by atoms with Gasteiger partial charge in [-0.1, -0.05) is 11.8 Å². The van der Waals surface area contributed by atoms with E-state index in [1.165, 1.54) is 23.9 Å². The molecule has 1 heterocycles. The van der Waals surface area contributed by atoms with Gasteiger partial charge in [0.05, 0.1) is 22.5 Å². The van der Waals surface area contributed by atoms with Gasteiger partial charge in [-0.3, -0.25) is 0 Å². The van der Waals surface area contributed by atoms with Crippen molar-refractivity contribution in [2.75, 3.05) is 12.4 Å². The van der Waals surface area contributed by atoms with Crippen LogP contribution >= 0.6 is 11.8 Å². The predicted octanol–water partition coefficient (Wildman–Crippen LogP) is 0.788. The Bertz CT molecular complexity index is 695. The molecule has 0 aliphatic heterocycles. The minimum Gasteiger partial charge on any atom is -0.396 e. The maximum absolute atomic E-state index is 11.3. The van der Waals surface area contributed by atoms with Crippen molar-refractivity contribution in [2.45, 2.75) is 23.5 Å². The van der Waals surface area contributed by atoms with Crippen LogP contribution in [0.5, 0.6) is 0 Å². The molecule has 6 nitrogen and oxygen atoms in total. The van der Waals surface area contributed by atoms with Crippen LogP contribution in [0.4, 0.5) is 0 Å². The van der Waals surface area contributed by atoms with E-state index in [1.807, 2.05) is 11.5 Å². The number of aliphatic hydroxyl groups is 1.